The Bertz CT molecular complexity index is 752. The van der Waals surface area contributed by atoms with E-state index in [-0.39, 0.29) is 11.4 Å². The fourth-order valence-electron chi connectivity index (χ4n) is 5.15. The average Bonchev–Trinajstić information content (AvgIpc) is 2.84. The molecule has 4 nitrogen and oxygen atoms in total. The van der Waals surface area contributed by atoms with Crippen LogP contribution in [0.3, 0.4) is 0 Å². The lowest BCUT2D eigenvalue weighted by Crippen LogP contribution is -2.50. The zero-order valence-electron chi connectivity index (χ0n) is 18.3. The molecule has 2 aromatic carbocycles. The Morgan fingerprint density at radius 1 is 0.833 bits per heavy atom. The van der Waals surface area contributed by atoms with Crippen molar-refractivity contribution in [3.8, 4) is 0 Å². The van der Waals surface area contributed by atoms with Gasteiger partial charge in [-0.3, -0.25) is 0 Å². The van der Waals surface area contributed by atoms with Crippen LogP contribution in [0.25, 0.3) is 0 Å². The van der Waals surface area contributed by atoms with Gasteiger partial charge in [0.2, 0.25) is 0 Å². The predicted molar refractivity (Wildman–Crippen MR) is 123 cm³/mol. The summed E-state index contributed by atoms with van der Waals surface area (Å²) in [6, 6.07) is 21.8. The number of nitrogens with zero attached hydrogens (tertiary/aromatic N) is 3. The number of carbonyl (C=O) groups is 1. The first-order valence-corrected chi connectivity index (χ1v) is 11.5. The molecule has 2 saturated heterocycles. The first kappa shape index (κ1) is 20.9. The molecule has 0 atom stereocenters. The third-order valence-electron chi connectivity index (χ3n) is 7.07. The van der Waals surface area contributed by atoms with E-state index in [2.05, 4.69) is 70.5 Å². The summed E-state index contributed by atoms with van der Waals surface area (Å²) in [6.07, 6.45) is 5.87. The van der Waals surface area contributed by atoms with E-state index in [1.807, 2.05) is 11.9 Å². The Morgan fingerprint density at radius 2 is 1.37 bits per heavy atom. The first-order chi connectivity index (χ1) is 14.7. The third kappa shape index (κ3) is 4.54. The average molecular weight is 406 g/mol. The van der Waals surface area contributed by atoms with E-state index in [1.165, 1.54) is 43.5 Å². The van der Waals surface area contributed by atoms with E-state index in [0.717, 1.165) is 39.0 Å². The van der Waals surface area contributed by atoms with Gasteiger partial charge in [0.1, 0.15) is 0 Å². The zero-order chi connectivity index (χ0) is 20.8. The van der Waals surface area contributed by atoms with Gasteiger partial charge in [0.15, 0.2) is 0 Å². The molecule has 4 rings (SSSR count). The molecular weight excluding hydrogens is 370 g/mol. The summed E-state index contributed by atoms with van der Waals surface area (Å²) >= 11 is 0. The fraction of sp³-hybridized carbons (Fsp3) is 0.500. The molecule has 0 radical (unpaired) electrons. The van der Waals surface area contributed by atoms with Gasteiger partial charge in [-0.25, -0.2) is 4.79 Å². The molecule has 4 heteroatoms. The Hall–Kier alpha value is -2.33. The Morgan fingerprint density at radius 3 is 1.90 bits per heavy atom. The van der Waals surface area contributed by atoms with Gasteiger partial charge in [-0.15, -0.1) is 0 Å². The minimum absolute atomic E-state index is 0.00826. The second kappa shape index (κ2) is 9.65. The van der Waals surface area contributed by atoms with Crippen LogP contribution in [0, 0.1) is 0 Å². The molecule has 2 amide bonds. The molecule has 2 aromatic rings. The molecule has 160 valence electrons. The summed E-state index contributed by atoms with van der Waals surface area (Å²) in [4.78, 5) is 19.6. The van der Waals surface area contributed by atoms with Gasteiger partial charge >= 0.3 is 6.03 Å². The van der Waals surface area contributed by atoms with Crippen LogP contribution >= 0.6 is 0 Å². The van der Waals surface area contributed by atoms with Crippen molar-refractivity contribution < 1.29 is 4.79 Å². The number of urea groups is 1. The smallest absolute Gasteiger partial charge is 0.319 e. The minimum Gasteiger partial charge on any atom is -0.326 e. The van der Waals surface area contributed by atoms with Crippen LogP contribution in [0.2, 0.25) is 0 Å². The van der Waals surface area contributed by atoms with Gasteiger partial charge in [0.05, 0.1) is 0 Å². The Balaban J connectivity index is 1.41. The van der Waals surface area contributed by atoms with Crippen LogP contribution in [0.4, 0.5) is 4.79 Å². The van der Waals surface area contributed by atoms with Crippen LogP contribution in [0.15, 0.2) is 60.7 Å². The lowest BCUT2D eigenvalue weighted by Gasteiger charge is -2.43. The molecule has 2 aliphatic rings. The third-order valence-corrected chi connectivity index (χ3v) is 7.07. The van der Waals surface area contributed by atoms with Crippen molar-refractivity contribution in [1.29, 1.82) is 0 Å². The molecule has 30 heavy (non-hydrogen) atoms. The topological polar surface area (TPSA) is 26.8 Å². The summed E-state index contributed by atoms with van der Waals surface area (Å²) in [5.74, 6) is 0. The molecule has 0 bridgehead atoms. The van der Waals surface area contributed by atoms with E-state index < -0.39 is 0 Å². The molecule has 2 fully saturated rings. The predicted octanol–water partition coefficient (Wildman–Crippen LogP) is 4.61. The van der Waals surface area contributed by atoms with E-state index in [1.54, 1.807) is 0 Å². The second-order valence-corrected chi connectivity index (χ2v) is 8.91. The van der Waals surface area contributed by atoms with Crippen LogP contribution in [-0.4, -0.2) is 67.0 Å². The standard InChI is InChI=1S/C26H35N3O/c1-27(21-22-28-17-9-4-10-18-28)25(30)29-19-15-26(16-20-29,23-11-5-2-6-12-23)24-13-7-3-8-14-24/h2-3,5-8,11-14H,4,9-10,15-22H2,1H3. The van der Waals surface area contributed by atoms with Gasteiger partial charge in [0.25, 0.3) is 0 Å². The van der Waals surface area contributed by atoms with Gasteiger partial charge in [-0.1, -0.05) is 67.1 Å². The molecule has 0 unspecified atom stereocenters. The van der Waals surface area contributed by atoms with Crippen molar-refractivity contribution in [2.75, 3.05) is 46.3 Å². The van der Waals surface area contributed by atoms with Crippen molar-refractivity contribution in [3.05, 3.63) is 71.8 Å². The van der Waals surface area contributed by atoms with Crippen LogP contribution in [-0.2, 0) is 5.41 Å². The summed E-state index contributed by atoms with van der Waals surface area (Å²) in [6.45, 7) is 5.78. The molecule has 0 N–H and O–H groups in total. The van der Waals surface area contributed by atoms with Crippen LogP contribution < -0.4 is 0 Å². The number of amides is 2. The molecule has 0 spiro atoms. The number of carbonyl (C=O) groups excluding carboxylic acids is 1. The summed E-state index contributed by atoms with van der Waals surface area (Å²) in [5.41, 5.74) is 2.72. The number of piperidine rings is 2. The highest BCUT2D eigenvalue weighted by molar-refractivity contribution is 5.74. The molecular formula is C26H35N3O. The van der Waals surface area contributed by atoms with Crippen molar-refractivity contribution in [2.45, 2.75) is 37.5 Å². The lowest BCUT2D eigenvalue weighted by atomic mass is 9.68. The van der Waals surface area contributed by atoms with E-state index in [9.17, 15) is 4.79 Å². The van der Waals surface area contributed by atoms with Crippen LogP contribution in [0.1, 0.15) is 43.2 Å². The maximum absolute atomic E-state index is 13.1. The van der Waals surface area contributed by atoms with E-state index in [0.29, 0.717) is 0 Å². The van der Waals surface area contributed by atoms with Crippen LogP contribution in [0.5, 0.6) is 0 Å². The number of likely N-dealkylation sites (tertiary alicyclic amines) is 2. The van der Waals surface area contributed by atoms with Gasteiger partial charge in [-0.05, 0) is 49.9 Å². The van der Waals surface area contributed by atoms with E-state index >= 15 is 0 Å². The van der Waals surface area contributed by atoms with Crippen molar-refractivity contribution in [1.82, 2.24) is 14.7 Å². The number of hydrogen-bond donors (Lipinski definition) is 0. The summed E-state index contributed by atoms with van der Waals surface area (Å²) in [7, 11) is 1.96. The zero-order valence-corrected chi connectivity index (χ0v) is 18.3. The maximum atomic E-state index is 13.1. The Labute approximate surface area is 181 Å². The number of rotatable bonds is 5. The minimum atomic E-state index is -0.00826. The molecule has 2 aliphatic heterocycles. The number of likely N-dealkylation sites (N-methyl/N-ethyl adjacent to an activating group) is 1. The largest absolute Gasteiger partial charge is 0.326 e. The summed E-state index contributed by atoms with van der Waals surface area (Å²) < 4.78 is 0. The maximum Gasteiger partial charge on any atom is 0.319 e. The molecule has 0 aromatic heterocycles. The van der Waals surface area contributed by atoms with Crippen molar-refractivity contribution in [3.63, 3.8) is 0 Å². The number of benzene rings is 2. The Kier molecular flexibility index (Phi) is 6.73. The lowest BCUT2D eigenvalue weighted by molar-refractivity contribution is 0.131. The highest BCUT2D eigenvalue weighted by Crippen LogP contribution is 2.41. The quantitative estimate of drug-likeness (QED) is 0.726. The van der Waals surface area contributed by atoms with Gasteiger partial charge in [-0.2, -0.15) is 0 Å². The monoisotopic (exact) mass is 405 g/mol. The normalized spacial score (nSPS) is 19.4. The highest BCUT2D eigenvalue weighted by Gasteiger charge is 2.39. The van der Waals surface area contributed by atoms with Crippen molar-refractivity contribution >= 4 is 6.03 Å². The molecule has 0 aliphatic carbocycles. The fourth-order valence-corrected chi connectivity index (χ4v) is 5.15. The van der Waals surface area contributed by atoms with Crippen molar-refractivity contribution in [2.24, 2.45) is 0 Å². The first-order valence-electron chi connectivity index (χ1n) is 11.5. The van der Waals surface area contributed by atoms with Gasteiger partial charge < -0.3 is 14.7 Å². The SMILES string of the molecule is CN(CCN1CCCCC1)C(=O)N1CCC(c2ccccc2)(c2ccccc2)CC1. The summed E-state index contributed by atoms with van der Waals surface area (Å²) in [5, 5.41) is 0. The van der Waals surface area contributed by atoms with Gasteiger partial charge in [0, 0.05) is 38.6 Å². The molecule has 2 heterocycles. The number of hydrogen-bond acceptors (Lipinski definition) is 2. The molecule has 0 saturated carbocycles. The highest BCUT2D eigenvalue weighted by atomic mass is 16.2. The van der Waals surface area contributed by atoms with E-state index in [4.69, 9.17) is 0 Å². The second-order valence-electron chi connectivity index (χ2n) is 8.91.